The lowest BCUT2D eigenvalue weighted by Crippen LogP contribution is -2.47. The van der Waals surface area contributed by atoms with Gasteiger partial charge in [-0.3, -0.25) is 14.9 Å². The van der Waals surface area contributed by atoms with E-state index in [9.17, 15) is 14.9 Å². The van der Waals surface area contributed by atoms with Crippen molar-refractivity contribution in [3.8, 4) is 10.6 Å². The van der Waals surface area contributed by atoms with Crippen LogP contribution in [0.1, 0.15) is 20.9 Å². The van der Waals surface area contributed by atoms with E-state index >= 15 is 0 Å². The molecule has 0 spiro atoms. The first-order valence-electron chi connectivity index (χ1n) is 9.77. The van der Waals surface area contributed by atoms with Gasteiger partial charge in [-0.15, -0.1) is 11.3 Å². The molecule has 0 unspecified atom stereocenters. The Kier molecular flexibility index (Phi) is 5.87. The molecular formula is C22H22N4O3S. The SMILES string of the molecule is CN1CCN(C(=O)c2sc(-c3ccccc3)nc2Cc2cccc([N+](=O)[O-])c2)CC1. The van der Waals surface area contributed by atoms with Crippen LogP contribution in [0.3, 0.4) is 0 Å². The van der Waals surface area contributed by atoms with Gasteiger partial charge < -0.3 is 9.80 Å². The highest BCUT2D eigenvalue weighted by molar-refractivity contribution is 7.17. The molecule has 1 amide bonds. The molecule has 7 nitrogen and oxygen atoms in total. The average Bonchev–Trinajstić information content (AvgIpc) is 3.18. The molecular weight excluding hydrogens is 400 g/mol. The van der Waals surface area contributed by atoms with Gasteiger partial charge in [0.1, 0.15) is 9.88 Å². The molecule has 3 aromatic rings. The van der Waals surface area contributed by atoms with Crippen LogP contribution in [0.15, 0.2) is 54.6 Å². The molecule has 1 fully saturated rings. The summed E-state index contributed by atoms with van der Waals surface area (Å²) in [6.07, 6.45) is 0.375. The van der Waals surface area contributed by atoms with E-state index < -0.39 is 4.92 Å². The molecule has 30 heavy (non-hydrogen) atoms. The number of piperazine rings is 1. The third-order valence-electron chi connectivity index (χ3n) is 5.20. The molecule has 0 N–H and O–H groups in total. The Hall–Kier alpha value is -3.10. The topological polar surface area (TPSA) is 79.6 Å². The van der Waals surface area contributed by atoms with Crippen LogP contribution >= 0.6 is 11.3 Å². The Balaban J connectivity index is 1.69. The second-order valence-electron chi connectivity index (χ2n) is 7.36. The molecule has 154 valence electrons. The molecule has 8 heteroatoms. The summed E-state index contributed by atoms with van der Waals surface area (Å²) in [7, 11) is 2.05. The highest BCUT2D eigenvalue weighted by Gasteiger charge is 2.26. The summed E-state index contributed by atoms with van der Waals surface area (Å²) >= 11 is 1.40. The summed E-state index contributed by atoms with van der Waals surface area (Å²) in [5.41, 5.74) is 2.43. The number of carbonyl (C=O) groups is 1. The summed E-state index contributed by atoms with van der Waals surface area (Å²) in [4.78, 5) is 33.5. The molecule has 0 aliphatic carbocycles. The largest absolute Gasteiger partial charge is 0.335 e. The Morgan fingerprint density at radius 1 is 1.10 bits per heavy atom. The highest BCUT2D eigenvalue weighted by atomic mass is 32.1. The van der Waals surface area contributed by atoms with Crippen molar-refractivity contribution in [2.45, 2.75) is 6.42 Å². The predicted octanol–water partition coefficient (Wildman–Crippen LogP) is 3.70. The van der Waals surface area contributed by atoms with Gasteiger partial charge in [-0.05, 0) is 12.6 Å². The Morgan fingerprint density at radius 3 is 2.53 bits per heavy atom. The lowest BCUT2D eigenvalue weighted by molar-refractivity contribution is -0.384. The summed E-state index contributed by atoms with van der Waals surface area (Å²) in [5.74, 6) is -0.0109. The van der Waals surface area contributed by atoms with Crippen LogP contribution in [-0.4, -0.2) is 58.8 Å². The monoisotopic (exact) mass is 422 g/mol. The highest BCUT2D eigenvalue weighted by Crippen LogP contribution is 2.31. The Labute approximate surface area is 178 Å². The number of thiazole rings is 1. The number of likely N-dealkylation sites (N-methyl/N-ethyl adjacent to an activating group) is 1. The van der Waals surface area contributed by atoms with Gasteiger partial charge in [-0.25, -0.2) is 4.98 Å². The zero-order valence-corrected chi connectivity index (χ0v) is 17.5. The summed E-state index contributed by atoms with van der Waals surface area (Å²) in [6, 6.07) is 16.3. The number of nitro benzene ring substituents is 1. The molecule has 0 bridgehead atoms. The van der Waals surface area contributed by atoms with E-state index in [4.69, 9.17) is 4.98 Å². The van der Waals surface area contributed by atoms with Crippen LogP contribution in [0.25, 0.3) is 10.6 Å². The fraction of sp³-hybridized carbons (Fsp3) is 0.273. The maximum atomic E-state index is 13.3. The molecule has 0 radical (unpaired) electrons. The van der Waals surface area contributed by atoms with E-state index in [1.54, 1.807) is 12.1 Å². The molecule has 0 atom stereocenters. The summed E-state index contributed by atoms with van der Waals surface area (Å²) in [5, 5.41) is 11.9. The molecule has 1 saturated heterocycles. The van der Waals surface area contributed by atoms with E-state index in [-0.39, 0.29) is 11.6 Å². The van der Waals surface area contributed by atoms with Gasteiger partial charge in [-0.2, -0.15) is 0 Å². The van der Waals surface area contributed by atoms with Crippen LogP contribution < -0.4 is 0 Å². The van der Waals surface area contributed by atoms with E-state index in [0.29, 0.717) is 30.1 Å². The first-order chi connectivity index (χ1) is 14.5. The quantitative estimate of drug-likeness (QED) is 0.463. The number of benzene rings is 2. The third-order valence-corrected chi connectivity index (χ3v) is 6.33. The maximum Gasteiger partial charge on any atom is 0.269 e. The molecule has 0 saturated carbocycles. The average molecular weight is 423 g/mol. The van der Waals surface area contributed by atoms with Gasteiger partial charge in [0.2, 0.25) is 0 Å². The molecule has 2 aromatic carbocycles. The lowest BCUT2D eigenvalue weighted by atomic mass is 10.1. The fourth-order valence-corrected chi connectivity index (χ4v) is 4.52. The third kappa shape index (κ3) is 4.39. The van der Waals surface area contributed by atoms with Crippen LogP contribution in [0.5, 0.6) is 0 Å². The molecule has 4 rings (SSSR count). The standard InChI is InChI=1S/C22H22N4O3S/c1-24-10-12-25(13-11-24)22(27)20-19(15-16-6-5-9-18(14-16)26(28)29)23-21(30-20)17-7-3-2-4-8-17/h2-9,14H,10-13,15H2,1H3. The Bertz CT molecular complexity index is 1060. The first-order valence-corrected chi connectivity index (χ1v) is 10.6. The predicted molar refractivity (Wildman–Crippen MR) is 117 cm³/mol. The van der Waals surface area contributed by atoms with Crippen molar-refractivity contribution in [2.24, 2.45) is 0 Å². The number of carbonyl (C=O) groups excluding carboxylic acids is 1. The van der Waals surface area contributed by atoms with Gasteiger partial charge in [0.05, 0.1) is 10.6 Å². The van der Waals surface area contributed by atoms with Gasteiger partial charge in [0.25, 0.3) is 11.6 Å². The summed E-state index contributed by atoms with van der Waals surface area (Å²) in [6.45, 7) is 3.06. The van der Waals surface area contributed by atoms with Crippen LogP contribution in [0.4, 0.5) is 5.69 Å². The van der Waals surface area contributed by atoms with Crippen molar-refractivity contribution in [2.75, 3.05) is 33.2 Å². The van der Waals surface area contributed by atoms with Gasteiger partial charge in [0, 0.05) is 50.3 Å². The van der Waals surface area contributed by atoms with Crippen molar-refractivity contribution >= 4 is 22.9 Å². The van der Waals surface area contributed by atoms with Crippen LogP contribution in [-0.2, 0) is 6.42 Å². The van der Waals surface area contributed by atoms with Crippen molar-refractivity contribution in [1.82, 2.24) is 14.8 Å². The number of non-ortho nitro benzene ring substituents is 1. The minimum atomic E-state index is -0.407. The smallest absolute Gasteiger partial charge is 0.269 e. The van der Waals surface area contributed by atoms with Crippen LogP contribution in [0.2, 0.25) is 0 Å². The normalized spacial score (nSPS) is 14.6. The number of hydrogen-bond acceptors (Lipinski definition) is 6. The second kappa shape index (κ2) is 8.73. The zero-order chi connectivity index (χ0) is 21.1. The van der Waals surface area contributed by atoms with Crippen molar-refractivity contribution in [1.29, 1.82) is 0 Å². The van der Waals surface area contributed by atoms with Crippen molar-refractivity contribution < 1.29 is 9.72 Å². The van der Waals surface area contributed by atoms with Crippen molar-refractivity contribution in [3.63, 3.8) is 0 Å². The number of nitro groups is 1. The van der Waals surface area contributed by atoms with Gasteiger partial charge >= 0.3 is 0 Å². The number of nitrogens with zero attached hydrogens (tertiary/aromatic N) is 4. The summed E-state index contributed by atoms with van der Waals surface area (Å²) < 4.78 is 0. The molecule has 1 aliphatic heterocycles. The minimum Gasteiger partial charge on any atom is -0.335 e. The molecule has 1 aromatic heterocycles. The van der Waals surface area contributed by atoms with E-state index in [2.05, 4.69) is 11.9 Å². The van der Waals surface area contributed by atoms with E-state index in [0.717, 1.165) is 29.2 Å². The Morgan fingerprint density at radius 2 is 1.83 bits per heavy atom. The van der Waals surface area contributed by atoms with Gasteiger partial charge in [-0.1, -0.05) is 42.5 Å². The number of rotatable bonds is 5. The lowest BCUT2D eigenvalue weighted by Gasteiger charge is -2.32. The maximum absolute atomic E-state index is 13.3. The van der Waals surface area contributed by atoms with E-state index in [1.807, 2.05) is 41.3 Å². The zero-order valence-electron chi connectivity index (χ0n) is 16.7. The number of aromatic nitrogens is 1. The first kappa shape index (κ1) is 20.2. The van der Waals surface area contributed by atoms with Crippen molar-refractivity contribution in [3.05, 3.63) is 80.8 Å². The minimum absolute atomic E-state index is 0.0109. The fourth-order valence-electron chi connectivity index (χ4n) is 3.47. The molecule has 1 aliphatic rings. The molecule has 2 heterocycles. The number of hydrogen-bond donors (Lipinski definition) is 0. The van der Waals surface area contributed by atoms with Gasteiger partial charge in [0.15, 0.2) is 0 Å². The van der Waals surface area contributed by atoms with E-state index in [1.165, 1.54) is 17.4 Å². The second-order valence-corrected chi connectivity index (χ2v) is 8.36. The van der Waals surface area contributed by atoms with Crippen LogP contribution in [0, 0.1) is 10.1 Å². The number of amides is 1.